The number of nitrogens with zero attached hydrogens (tertiary/aromatic N) is 3. The molecule has 4 rings (SSSR count). The fourth-order valence-corrected chi connectivity index (χ4v) is 3.07. The molecule has 1 saturated carbocycles. The first-order valence-electron chi connectivity index (χ1n) is 7.60. The lowest BCUT2D eigenvalue weighted by molar-refractivity contribution is -0.124. The van der Waals surface area contributed by atoms with E-state index in [4.69, 9.17) is 0 Å². The Morgan fingerprint density at radius 2 is 2.23 bits per heavy atom. The van der Waals surface area contributed by atoms with E-state index < -0.39 is 0 Å². The molecule has 2 aliphatic rings. The second-order valence-electron chi connectivity index (χ2n) is 6.00. The van der Waals surface area contributed by atoms with Gasteiger partial charge in [0.05, 0.1) is 12.1 Å². The molecule has 22 heavy (non-hydrogen) atoms. The predicted molar refractivity (Wildman–Crippen MR) is 78.1 cm³/mol. The quantitative estimate of drug-likeness (QED) is 0.864. The first kappa shape index (κ1) is 13.2. The van der Waals surface area contributed by atoms with Crippen LogP contribution in [0.1, 0.15) is 36.2 Å². The summed E-state index contributed by atoms with van der Waals surface area (Å²) in [5.74, 6) is 0.872. The molecule has 114 valence electrons. The van der Waals surface area contributed by atoms with Crippen LogP contribution in [0.15, 0.2) is 24.7 Å². The van der Waals surface area contributed by atoms with Gasteiger partial charge in [-0.3, -0.25) is 14.0 Å². The molecule has 2 aromatic rings. The Kier molecular flexibility index (Phi) is 3.06. The van der Waals surface area contributed by atoms with Crippen molar-refractivity contribution in [3.05, 3.63) is 30.4 Å². The molecule has 1 aliphatic carbocycles. The number of carbonyl (C=O) groups is 2. The maximum atomic E-state index is 12.4. The Labute approximate surface area is 127 Å². The number of nitrogens with one attached hydrogen (secondary N) is 2. The summed E-state index contributed by atoms with van der Waals surface area (Å²) in [6.45, 7) is 0. The van der Waals surface area contributed by atoms with Crippen molar-refractivity contribution in [2.75, 3.05) is 0 Å². The van der Waals surface area contributed by atoms with Crippen molar-refractivity contribution in [3.63, 3.8) is 0 Å². The zero-order chi connectivity index (χ0) is 15.1. The van der Waals surface area contributed by atoms with Crippen LogP contribution in [0.5, 0.6) is 0 Å². The number of carbonyl (C=O) groups excluding carboxylic acids is 2. The molecule has 0 unspecified atom stereocenters. The fourth-order valence-electron chi connectivity index (χ4n) is 3.07. The third-order valence-electron chi connectivity index (χ3n) is 4.36. The molecule has 7 heteroatoms. The largest absolute Gasteiger partial charge is 0.351 e. The normalized spacial score (nSPS) is 25.0. The summed E-state index contributed by atoms with van der Waals surface area (Å²) in [5.41, 5.74) is 0.352. The summed E-state index contributed by atoms with van der Waals surface area (Å²) in [6.07, 6.45) is 8.51. The Morgan fingerprint density at radius 1 is 1.36 bits per heavy atom. The van der Waals surface area contributed by atoms with Gasteiger partial charge in [0.25, 0.3) is 5.91 Å². The number of piperidine rings is 1. The van der Waals surface area contributed by atoms with Crippen molar-refractivity contribution in [1.29, 1.82) is 0 Å². The lowest BCUT2D eigenvalue weighted by Crippen LogP contribution is -2.56. The summed E-state index contributed by atoms with van der Waals surface area (Å²) in [5, 5.41) is 6.05. The molecule has 2 fully saturated rings. The van der Waals surface area contributed by atoms with Crippen LogP contribution in [0.3, 0.4) is 0 Å². The van der Waals surface area contributed by atoms with E-state index in [1.54, 1.807) is 29.1 Å². The summed E-state index contributed by atoms with van der Waals surface area (Å²) < 4.78 is 1.72. The van der Waals surface area contributed by atoms with Gasteiger partial charge in [-0.15, -0.1) is 0 Å². The predicted octanol–water partition coefficient (Wildman–Crippen LogP) is 0.516. The molecule has 1 aliphatic heterocycles. The topological polar surface area (TPSA) is 88.4 Å². The third kappa shape index (κ3) is 2.43. The van der Waals surface area contributed by atoms with Gasteiger partial charge < -0.3 is 10.6 Å². The minimum atomic E-state index is -0.211. The van der Waals surface area contributed by atoms with E-state index in [1.165, 1.54) is 0 Å². The lowest BCUT2D eigenvalue weighted by Gasteiger charge is -2.32. The Bertz CT molecular complexity index is 703. The van der Waals surface area contributed by atoms with Crippen molar-refractivity contribution >= 4 is 17.6 Å². The number of rotatable bonds is 3. The third-order valence-corrected chi connectivity index (χ3v) is 4.36. The van der Waals surface area contributed by atoms with E-state index in [-0.39, 0.29) is 23.9 Å². The lowest BCUT2D eigenvalue weighted by atomic mass is 9.94. The number of aromatic nitrogens is 3. The van der Waals surface area contributed by atoms with Gasteiger partial charge in [0.15, 0.2) is 0 Å². The minimum Gasteiger partial charge on any atom is -0.351 e. The molecule has 0 radical (unpaired) electrons. The number of hydrogen-bond acceptors (Lipinski definition) is 4. The van der Waals surface area contributed by atoms with Crippen molar-refractivity contribution < 1.29 is 9.59 Å². The first-order valence-corrected chi connectivity index (χ1v) is 7.60. The van der Waals surface area contributed by atoms with Crippen LogP contribution >= 0.6 is 0 Å². The second-order valence-corrected chi connectivity index (χ2v) is 6.00. The maximum Gasteiger partial charge on any atom is 0.271 e. The van der Waals surface area contributed by atoms with Crippen molar-refractivity contribution in [3.8, 4) is 0 Å². The van der Waals surface area contributed by atoms with E-state index >= 15 is 0 Å². The highest BCUT2D eigenvalue weighted by atomic mass is 16.2. The molecule has 2 N–H and O–H groups in total. The molecule has 7 nitrogen and oxygen atoms in total. The van der Waals surface area contributed by atoms with E-state index in [0.29, 0.717) is 30.2 Å². The summed E-state index contributed by atoms with van der Waals surface area (Å²) in [6, 6.07) is 1.83. The standard InChI is InChI=1S/C15H17N5O2/c21-12-5-4-10(13(19-12)9-2-3-9)17-14(22)11-8-20-7-1-6-16-15(20)18-11/h1,6-10,13H,2-5H2,(H,17,22)(H,19,21)/t10-,13+/m1/s1. The fraction of sp³-hybridized carbons (Fsp3) is 0.467. The molecule has 1 saturated heterocycles. The highest BCUT2D eigenvalue weighted by molar-refractivity contribution is 5.93. The molecule has 0 spiro atoms. The zero-order valence-corrected chi connectivity index (χ0v) is 12.0. The van der Waals surface area contributed by atoms with Gasteiger partial charge in [-0.1, -0.05) is 0 Å². The SMILES string of the molecule is O=C1CC[C@@H](NC(=O)c2cn3cccnc3n2)[C@H](C2CC2)N1. The highest BCUT2D eigenvalue weighted by Gasteiger charge is 2.40. The average Bonchev–Trinajstić information content (AvgIpc) is 3.27. The first-order chi connectivity index (χ1) is 10.7. The van der Waals surface area contributed by atoms with Gasteiger partial charge in [-0.2, -0.15) is 0 Å². The van der Waals surface area contributed by atoms with Crippen molar-refractivity contribution in [1.82, 2.24) is 25.0 Å². The van der Waals surface area contributed by atoms with Gasteiger partial charge in [-0.25, -0.2) is 9.97 Å². The number of hydrogen-bond donors (Lipinski definition) is 2. The zero-order valence-electron chi connectivity index (χ0n) is 12.0. The summed E-state index contributed by atoms with van der Waals surface area (Å²) in [7, 11) is 0. The Morgan fingerprint density at radius 3 is 3.00 bits per heavy atom. The van der Waals surface area contributed by atoms with E-state index in [0.717, 1.165) is 12.8 Å². The van der Waals surface area contributed by atoms with Crippen LogP contribution in [0.4, 0.5) is 0 Å². The molecular weight excluding hydrogens is 282 g/mol. The number of imidazole rings is 1. The highest BCUT2D eigenvalue weighted by Crippen LogP contribution is 2.36. The van der Waals surface area contributed by atoms with Crippen molar-refractivity contribution in [2.45, 2.75) is 37.8 Å². The smallest absolute Gasteiger partial charge is 0.271 e. The van der Waals surface area contributed by atoms with Crippen LogP contribution in [-0.4, -0.2) is 38.3 Å². The molecule has 2 atom stereocenters. The second kappa shape index (κ2) is 5.08. The molecular formula is C15H17N5O2. The van der Waals surface area contributed by atoms with Crippen LogP contribution < -0.4 is 10.6 Å². The van der Waals surface area contributed by atoms with Crippen molar-refractivity contribution in [2.24, 2.45) is 5.92 Å². The van der Waals surface area contributed by atoms with Gasteiger partial charge in [0.2, 0.25) is 11.7 Å². The monoisotopic (exact) mass is 299 g/mol. The minimum absolute atomic E-state index is 0.0181. The van der Waals surface area contributed by atoms with E-state index in [9.17, 15) is 9.59 Å². The number of amides is 2. The van der Waals surface area contributed by atoms with Crippen LogP contribution in [0, 0.1) is 5.92 Å². The molecule has 2 amide bonds. The van der Waals surface area contributed by atoms with E-state index in [2.05, 4.69) is 20.6 Å². The Hall–Kier alpha value is -2.44. The Balaban J connectivity index is 1.51. The molecule has 3 heterocycles. The van der Waals surface area contributed by atoms with Crippen LogP contribution in [0.2, 0.25) is 0 Å². The van der Waals surface area contributed by atoms with E-state index in [1.807, 2.05) is 0 Å². The average molecular weight is 299 g/mol. The molecule has 0 bridgehead atoms. The molecule has 0 aromatic carbocycles. The summed E-state index contributed by atoms with van der Waals surface area (Å²) >= 11 is 0. The van der Waals surface area contributed by atoms with Gasteiger partial charge in [0.1, 0.15) is 5.69 Å². The molecule has 2 aromatic heterocycles. The number of fused-ring (bicyclic) bond motifs is 1. The van der Waals surface area contributed by atoms with Gasteiger partial charge >= 0.3 is 0 Å². The summed E-state index contributed by atoms with van der Waals surface area (Å²) in [4.78, 5) is 32.3. The maximum absolute atomic E-state index is 12.4. The van der Waals surface area contributed by atoms with Gasteiger partial charge in [-0.05, 0) is 31.2 Å². The van der Waals surface area contributed by atoms with Crippen LogP contribution in [-0.2, 0) is 4.79 Å². The van der Waals surface area contributed by atoms with Gasteiger partial charge in [0, 0.05) is 25.0 Å². The van der Waals surface area contributed by atoms with Crippen LogP contribution in [0.25, 0.3) is 5.78 Å².